The highest BCUT2D eigenvalue weighted by Crippen LogP contribution is 2.45. The Morgan fingerprint density at radius 1 is 1.19 bits per heavy atom. The second kappa shape index (κ2) is 6.97. The van der Waals surface area contributed by atoms with Crippen LogP contribution in [0, 0.1) is 25.7 Å². The van der Waals surface area contributed by atoms with E-state index < -0.39 is 0 Å². The van der Waals surface area contributed by atoms with E-state index in [0.717, 1.165) is 25.3 Å². The largest absolute Gasteiger partial charge is 0.494 e. The van der Waals surface area contributed by atoms with E-state index in [4.69, 9.17) is 4.74 Å². The lowest BCUT2D eigenvalue weighted by molar-refractivity contribution is 0.0764. The smallest absolute Gasteiger partial charge is 0.257 e. The number of aromatic nitrogens is 1. The summed E-state index contributed by atoms with van der Waals surface area (Å²) in [5.41, 5.74) is 4.16. The third kappa shape index (κ3) is 3.10. The average molecular weight is 365 g/mol. The number of likely N-dealkylation sites (tertiary alicyclic amines) is 2. The number of ether oxygens (including phenoxy) is 1. The van der Waals surface area contributed by atoms with Gasteiger partial charge in [0, 0.05) is 37.3 Å². The Kier molecular flexibility index (Phi) is 4.64. The molecule has 3 atom stereocenters. The van der Waals surface area contributed by atoms with E-state index in [2.05, 4.69) is 48.1 Å². The Labute approximate surface area is 161 Å². The van der Waals surface area contributed by atoms with Crippen molar-refractivity contribution in [3.05, 3.63) is 58.9 Å². The van der Waals surface area contributed by atoms with E-state index in [1.807, 2.05) is 17.9 Å². The molecule has 2 fully saturated rings. The monoisotopic (exact) mass is 365 g/mol. The number of nitrogens with zero attached hydrogens (tertiary/aromatic N) is 3. The van der Waals surface area contributed by atoms with Crippen LogP contribution in [0.5, 0.6) is 5.75 Å². The summed E-state index contributed by atoms with van der Waals surface area (Å²) in [6.07, 6.45) is 1.64. The van der Waals surface area contributed by atoms with Crippen LogP contribution in [0.4, 0.5) is 0 Å². The van der Waals surface area contributed by atoms with Crippen LogP contribution >= 0.6 is 0 Å². The molecule has 1 amide bonds. The SMILES string of the molecule is COc1cnc(C)cc1C(=O)N1C[C@@H]2CN(C)[C@@H](c3ccccc3C)[C@@H]2C1. The number of hydrogen-bond acceptors (Lipinski definition) is 4. The third-order valence-corrected chi connectivity index (χ3v) is 6.14. The summed E-state index contributed by atoms with van der Waals surface area (Å²) in [5, 5.41) is 0. The first kappa shape index (κ1) is 18.0. The first-order valence-corrected chi connectivity index (χ1v) is 9.55. The van der Waals surface area contributed by atoms with Gasteiger partial charge in [0.25, 0.3) is 5.91 Å². The van der Waals surface area contributed by atoms with Crippen molar-refractivity contribution in [2.24, 2.45) is 11.8 Å². The van der Waals surface area contributed by atoms with E-state index in [1.165, 1.54) is 11.1 Å². The lowest BCUT2D eigenvalue weighted by atomic mass is 9.88. The fourth-order valence-electron chi connectivity index (χ4n) is 4.86. The molecule has 0 N–H and O–H groups in total. The molecule has 0 bridgehead atoms. The normalized spacial score (nSPS) is 24.9. The number of benzene rings is 1. The van der Waals surface area contributed by atoms with Gasteiger partial charge in [-0.05, 0) is 44.0 Å². The summed E-state index contributed by atoms with van der Waals surface area (Å²) in [7, 11) is 3.79. The van der Waals surface area contributed by atoms with Gasteiger partial charge in [-0.25, -0.2) is 0 Å². The van der Waals surface area contributed by atoms with Crippen LogP contribution in [0.15, 0.2) is 36.5 Å². The lowest BCUT2D eigenvalue weighted by Gasteiger charge is -2.28. The molecule has 0 saturated carbocycles. The van der Waals surface area contributed by atoms with Gasteiger partial charge in [-0.3, -0.25) is 14.7 Å². The summed E-state index contributed by atoms with van der Waals surface area (Å²) >= 11 is 0. The van der Waals surface area contributed by atoms with Gasteiger partial charge >= 0.3 is 0 Å². The van der Waals surface area contributed by atoms with E-state index in [1.54, 1.807) is 13.3 Å². The van der Waals surface area contributed by atoms with Crippen molar-refractivity contribution in [2.75, 3.05) is 33.8 Å². The molecule has 2 aromatic rings. The Bertz CT molecular complexity index is 866. The Morgan fingerprint density at radius 3 is 2.70 bits per heavy atom. The molecule has 1 aromatic carbocycles. The molecule has 0 aliphatic carbocycles. The number of methoxy groups -OCH3 is 1. The van der Waals surface area contributed by atoms with Gasteiger partial charge in [0.2, 0.25) is 0 Å². The predicted octanol–water partition coefficient (Wildman–Crippen LogP) is 3.08. The van der Waals surface area contributed by atoms with E-state index in [-0.39, 0.29) is 5.91 Å². The van der Waals surface area contributed by atoms with Crippen molar-refractivity contribution in [3.8, 4) is 5.75 Å². The van der Waals surface area contributed by atoms with Gasteiger partial charge in [0.05, 0.1) is 18.9 Å². The topological polar surface area (TPSA) is 45.7 Å². The third-order valence-electron chi connectivity index (χ3n) is 6.14. The molecular formula is C22H27N3O2. The minimum Gasteiger partial charge on any atom is -0.494 e. The first-order valence-electron chi connectivity index (χ1n) is 9.55. The molecular weight excluding hydrogens is 338 g/mol. The molecule has 2 aliphatic heterocycles. The molecule has 3 heterocycles. The first-order chi connectivity index (χ1) is 13.0. The molecule has 4 rings (SSSR count). The van der Waals surface area contributed by atoms with Crippen LogP contribution in [0.25, 0.3) is 0 Å². The van der Waals surface area contributed by atoms with Crippen molar-refractivity contribution < 1.29 is 9.53 Å². The molecule has 1 aromatic heterocycles. The Hall–Kier alpha value is -2.40. The van der Waals surface area contributed by atoms with Gasteiger partial charge in [0.1, 0.15) is 5.75 Å². The van der Waals surface area contributed by atoms with Crippen molar-refractivity contribution in [1.82, 2.24) is 14.8 Å². The van der Waals surface area contributed by atoms with Gasteiger partial charge in [0.15, 0.2) is 0 Å². The van der Waals surface area contributed by atoms with Crippen LogP contribution in [0.2, 0.25) is 0 Å². The molecule has 2 saturated heterocycles. The van der Waals surface area contributed by atoms with Crippen molar-refractivity contribution in [2.45, 2.75) is 19.9 Å². The molecule has 2 aliphatic rings. The summed E-state index contributed by atoms with van der Waals surface area (Å²) in [6, 6.07) is 10.8. The molecule has 5 nitrogen and oxygen atoms in total. The number of aryl methyl sites for hydroxylation is 2. The quantitative estimate of drug-likeness (QED) is 0.839. The zero-order chi connectivity index (χ0) is 19.1. The number of pyridine rings is 1. The minimum atomic E-state index is 0.0536. The number of carbonyl (C=O) groups is 1. The number of rotatable bonds is 3. The van der Waals surface area contributed by atoms with Crippen molar-refractivity contribution >= 4 is 5.91 Å². The van der Waals surface area contributed by atoms with Crippen LogP contribution in [-0.4, -0.2) is 54.5 Å². The van der Waals surface area contributed by atoms with Crippen LogP contribution < -0.4 is 4.74 Å². The standard InChI is InChI=1S/C22H27N3O2/c1-14-7-5-6-8-17(14)21-19-13-25(12-16(19)11-24(21)3)22(26)18-9-15(2)23-10-20(18)27-4/h5-10,16,19,21H,11-13H2,1-4H3/t16-,19+,21-/m0/s1. The summed E-state index contributed by atoms with van der Waals surface area (Å²) in [4.78, 5) is 21.9. The maximum atomic E-state index is 13.2. The number of carbonyl (C=O) groups excluding carboxylic acids is 1. The highest BCUT2D eigenvalue weighted by Gasteiger charge is 2.47. The molecule has 5 heteroatoms. The predicted molar refractivity (Wildman–Crippen MR) is 105 cm³/mol. The van der Waals surface area contributed by atoms with E-state index in [9.17, 15) is 4.79 Å². The summed E-state index contributed by atoms with van der Waals surface area (Å²) in [5.74, 6) is 1.58. The summed E-state index contributed by atoms with van der Waals surface area (Å²) in [6.45, 7) is 6.70. The highest BCUT2D eigenvalue weighted by atomic mass is 16.5. The maximum Gasteiger partial charge on any atom is 0.257 e. The second-order valence-electron chi connectivity index (χ2n) is 7.90. The van der Waals surface area contributed by atoms with Gasteiger partial charge in [-0.1, -0.05) is 24.3 Å². The average Bonchev–Trinajstić information content (AvgIpc) is 3.18. The zero-order valence-electron chi connectivity index (χ0n) is 16.5. The highest BCUT2D eigenvalue weighted by molar-refractivity contribution is 5.97. The zero-order valence-corrected chi connectivity index (χ0v) is 16.5. The molecule has 142 valence electrons. The Morgan fingerprint density at radius 2 is 1.96 bits per heavy atom. The molecule has 0 radical (unpaired) electrons. The van der Waals surface area contributed by atoms with Gasteiger partial charge in [-0.2, -0.15) is 0 Å². The number of fused-ring (bicyclic) bond motifs is 1. The summed E-state index contributed by atoms with van der Waals surface area (Å²) < 4.78 is 5.38. The van der Waals surface area contributed by atoms with Crippen LogP contribution in [0.1, 0.15) is 33.2 Å². The Balaban J connectivity index is 1.59. The van der Waals surface area contributed by atoms with E-state index >= 15 is 0 Å². The van der Waals surface area contributed by atoms with Gasteiger partial charge in [-0.15, -0.1) is 0 Å². The molecule has 0 spiro atoms. The minimum absolute atomic E-state index is 0.0536. The van der Waals surface area contributed by atoms with E-state index in [0.29, 0.717) is 29.2 Å². The number of hydrogen-bond donors (Lipinski definition) is 0. The fraction of sp³-hybridized carbons (Fsp3) is 0.455. The van der Waals surface area contributed by atoms with Gasteiger partial charge < -0.3 is 9.64 Å². The van der Waals surface area contributed by atoms with Crippen molar-refractivity contribution in [1.29, 1.82) is 0 Å². The second-order valence-corrected chi connectivity index (χ2v) is 7.90. The molecule has 27 heavy (non-hydrogen) atoms. The maximum absolute atomic E-state index is 13.2. The fourth-order valence-corrected chi connectivity index (χ4v) is 4.86. The van der Waals surface area contributed by atoms with Crippen LogP contribution in [-0.2, 0) is 0 Å². The molecule has 0 unspecified atom stereocenters. The van der Waals surface area contributed by atoms with Crippen molar-refractivity contribution in [3.63, 3.8) is 0 Å². The van der Waals surface area contributed by atoms with Crippen LogP contribution in [0.3, 0.4) is 0 Å². The lowest BCUT2D eigenvalue weighted by Crippen LogP contribution is -2.33. The number of amides is 1.